The lowest BCUT2D eigenvalue weighted by molar-refractivity contribution is 0.109. The quantitative estimate of drug-likeness (QED) is 0.430. The lowest BCUT2D eigenvalue weighted by Gasteiger charge is -2.17. The molecule has 0 aromatic carbocycles. The second-order valence-electron chi connectivity index (χ2n) is 5.77. The van der Waals surface area contributed by atoms with Crippen LogP contribution in [0.25, 0.3) is 0 Å². The summed E-state index contributed by atoms with van der Waals surface area (Å²) in [4.78, 5) is 1.79. The molecule has 7 heteroatoms. The highest BCUT2D eigenvalue weighted by Gasteiger charge is 2.06. The van der Waals surface area contributed by atoms with Crippen LogP contribution in [-0.2, 0) is 4.74 Å². The first kappa shape index (κ1) is 22.7. The minimum atomic E-state index is 0.0694. The van der Waals surface area contributed by atoms with E-state index in [9.17, 15) is 0 Å². The van der Waals surface area contributed by atoms with Crippen molar-refractivity contribution < 1.29 is 20.1 Å². The molecule has 1 saturated carbocycles. The van der Waals surface area contributed by atoms with E-state index < -0.39 is 0 Å². The molecule has 7 nitrogen and oxygen atoms in total. The van der Waals surface area contributed by atoms with Crippen molar-refractivity contribution in [3.8, 4) is 0 Å². The molecule has 0 unspecified atom stereocenters. The van der Waals surface area contributed by atoms with E-state index in [1.165, 1.54) is 32.1 Å². The van der Waals surface area contributed by atoms with Crippen LogP contribution >= 0.6 is 0 Å². The highest BCUT2D eigenvalue weighted by molar-refractivity contribution is 4.66. The fourth-order valence-corrected chi connectivity index (χ4v) is 2.41. The van der Waals surface area contributed by atoms with Crippen LogP contribution in [0, 0.1) is 0 Å². The van der Waals surface area contributed by atoms with Gasteiger partial charge in [-0.2, -0.15) is 0 Å². The highest BCUT2D eigenvalue weighted by atomic mass is 16.5. The molecule has 0 aromatic rings. The van der Waals surface area contributed by atoms with E-state index in [1.54, 1.807) is 4.90 Å². The average molecular weight is 335 g/mol. The summed E-state index contributed by atoms with van der Waals surface area (Å²) in [7, 11) is 0. The summed E-state index contributed by atoms with van der Waals surface area (Å²) in [5.74, 6) is 0. The normalized spacial score (nSPS) is 18.7. The number of nitrogens with one attached hydrogen (secondary N) is 1. The number of morpholine rings is 1. The van der Waals surface area contributed by atoms with E-state index in [-0.39, 0.29) is 19.8 Å². The molecule has 140 valence electrons. The van der Waals surface area contributed by atoms with Crippen LogP contribution < -0.4 is 11.1 Å². The first-order valence-corrected chi connectivity index (χ1v) is 8.83. The zero-order valence-corrected chi connectivity index (χ0v) is 14.5. The maximum atomic E-state index is 8.48. The monoisotopic (exact) mass is 335 g/mol. The predicted octanol–water partition coefficient (Wildman–Crippen LogP) is -0.851. The topological polar surface area (TPSA) is 111 Å². The summed E-state index contributed by atoms with van der Waals surface area (Å²) in [6.45, 7) is 5.59. The Morgan fingerprint density at radius 3 is 1.57 bits per heavy atom. The Morgan fingerprint density at radius 1 is 0.870 bits per heavy atom. The van der Waals surface area contributed by atoms with Gasteiger partial charge in [0.15, 0.2) is 0 Å². The molecule has 1 saturated heterocycles. The third-order valence-electron chi connectivity index (χ3n) is 3.74. The van der Waals surface area contributed by atoms with Gasteiger partial charge < -0.3 is 31.1 Å². The molecule has 23 heavy (non-hydrogen) atoms. The van der Waals surface area contributed by atoms with Crippen molar-refractivity contribution in [1.82, 2.24) is 10.2 Å². The first-order chi connectivity index (χ1) is 11.2. The van der Waals surface area contributed by atoms with Gasteiger partial charge >= 0.3 is 0 Å². The molecule has 1 heterocycles. The summed E-state index contributed by atoms with van der Waals surface area (Å²) >= 11 is 0. The number of hydrogen-bond acceptors (Lipinski definition) is 7. The van der Waals surface area contributed by atoms with E-state index in [4.69, 9.17) is 25.8 Å². The largest absolute Gasteiger partial charge is 0.395 e. The second kappa shape index (κ2) is 18.1. The van der Waals surface area contributed by atoms with Crippen molar-refractivity contribution in [2.45, 2.75) is 38.1 Å². The van der Waals surface area contributed by atoms with E-state index in [0.29, 0.717) is 25.7 Å². The Bertz CT molecular complexity index is 200. The van der Waals surface area contributed by atoms with Crippen molar-refractivity contribution >= 4 is 0 Å². The minimum absolute atomic E-state index is 0.0694. The number of aliphatic hydroxyl groups excluding tert-OH is 3. The van der Waals surface area contributed by atoms with Crippen LogP contribution in [0.15, 0.2) is 0 Å². The molecule has 0 atom stereocenters. The minimum Gasteiger partial charge on any atom is -0.395 e. The van der Waals surface area contributed by atoms with Gasteiger partial charge in [0, 0.05) is 38.8 Å². The van der Waals surface area contributed by atoms with Gasteiger partial charge in [-0.15, -0.1) is 0 Å². The van der Waals surface area contributed by atoms with Crippen LogP contribution in [0.5, 0.6) is 0 Å². The van der Waals surface area contributed by atoms with E-state index >= 15 is 0 Å². The van der Waals surface area contributed by atoms with Gasteiger partial charge in [0.2, 0.25) is 0 Å². The molecular formula is C16H37N3O4. The van der Waals surface area contributed by atoms with Gasteiger partial charge in [0.05, 0.1) is 33.0 Å². The molecule has 0 radical (unpaired) electrons. The summed E-state index contributed by atoms with van der Waals surface area (Å²) in [5, 5.41) is 28.6. The van der Waals surface area contributed by atoms with Crippen molar-refractivity contribution in [3.63, 3.8) is 0 Å². The van der Waals surface area contributed by atoms with Gasteiger partial charge in [-0.3, -0.25) is 4.90 Å². The van der Waals surface area contributed by atoms with Crippen molar-refractivity contribution in [3.05, 3.63) is 0 Å². The van der Waals surface area contributed by atoms with Gasteiger partial charge in [0.25, 0.3) is 0 Å². The molecule has 1 aliphatic heterocycles. The fraction of sp³-hybridized carbons (Fsp3) is 1.00. The molecule has 2 aliphatic rings. The number of nitrogens with two attached hydrogens (primary N) is 1. The Labute approximate surface area is 140 Å². The number of hydrogen-bond donors (Lipinski definition) is 5. The maximum absolute atomic E-state index is 8.48. The van der Waals surface area contributed by atoms with Crippen LogP contribution in [-0.4, -0.2) is 92.0 Å². The van der Waals surface area contributed by atoms with Crippen LogP contribution in [0.2, 0.25) is 0 Å². The number of aliphatic hydroxyl groups is 3. The average Bonchev–Trinajstić information content (AvgIpc) is 2.59. The standard InChI is InChI=1S/C6H15NO3.C6H13N.C4H9NO/c8-4-1-7(2-5-9)3-6-10;7-6-4-2-1-3-5-6;1-3-6-4-2-5-1/h8-10H,1-6H2;6H,1-5,7H2;5H,1-4H2. The number of ether oxygens (including phenoxy) is 1. The summed E-state index contributed by atoms with van der Waals surface area (Å²) in [6.07, 6.45) is 6.66. The van der Waals surface area contributed by atoms with Gasteiger partial charge in [-0.1, -0.05) is 19.3 Å². The fourth-order valence-electron chi connectivity index (χ4n) is 2.41. The molecule has 2 fully saturated rings. The molecule has 2 rings (SSSR count). The van der Waals surface area contributed by atoms with Crippen LogP contribution in [0.3, 0.4) is 0 Å². The van der Waals surface area contributed by atoms with Crippen molar-refractivity contribution in [2.24, 2.45) is 5.73 Å². The van der Waals surface area contributed by atoms with Gasteiger partial charge in [-0.25, -0.2) is 0 Å². The Morgan fingerprint density at radius 2 is 1.35 bits per heavy atom. The molecule has 0 spiro atoms. The lowest BCUT2D eigenvalue weighted by atomic mass is 9.97. The molecule has 1 aliphatic carbocycles. The van der Waals surface area contributed by atoms with Crippen LogP contribution in [0.4, 0.5) is 0 Å². The summed E-state index contributed by atoms with van der Waals surface area (Å²) in [5.41, 5.74) is 5.63. The Balaban J connectivity index is 0.000000326. The SMILES string of the molecule is C1COCCN1.NC1CCCCC1.OCCN(CCO)CCO. The molecular weight excluding hydrogens is 298 g/mol. The van der Waals surface area contributed by atoms with Gasteiger partial charge in [-0.05, 0) is 12.8 Å². The smallest absolute Gasteiger partial charge is 0.0591 e. The summed E-state index contributed by atoms with van der Waals surface area (Å²) in [6, 6.07) is 0.536. The number of rotatable bonds is 6. The Kier molecular flexibility index (Phi) is 17.8. The van der Waals surface area contributed by atoms with E-state index in [0.717, 1.165) is 26.3 Å². The third kappa shape index (κ3) is 16.4. The predicted molar refractivity (Wildman–Crippen MR) is 92.4 cm³/mol. The zero-order chi connectivity index (χ0) is 17.2. The molecule has 0 bridgehead atoms. The molecule has 6 N–H and O–H groups in total. The third-order valence-corrected chi connectivity index (χ3v) is 3.74. The maximum Gasteiger partial charge on any atom is 0.0591 e. The van der Waals surface area contributed by atoms with Gasteiger partial charge in [0.1, 0.15) is 0 Å². The van der Waals surface area contributed by atoms with Crippen molar-refractivity contribution in [2.75, 3.05) is 65.8 Å². The lowest BCUT2D eigenvalue weighted by Crippen LogP contribution is -2.32. The summed E-state index contributed by atoms with van der Waals surface area (Å²) < 4.78 is 5.01. The van der Waals surface area contributed by atoms with Crippen molar-refractivity contribution in [1.29, 1.82) is 0 Å². The first-order valence-electron chi connectivity index (χ1n) is 8.83. The van der Waals surface area contributed by atoms with E-state index in [2.05, 4.69) is 5.32 Å². The second-order valence-corrected chi connectivity index (χ2v) is 5.77. The molecule has 0 aromatic heterocycles. The Hall–Kier alpha value is -0.280. The van der Waals surface area contributed by atoms with E-state index in [1.807, 2.05) is 0 Å². The number of nitrogens with zero attached hydrogens (tertiary/aromatic N) is 1. The zero-order valence-electron chi connectivity index (χ0n) is 14.5. The highest BCUT2D eigenvalue weighted by Crippen LogP contribution is 2.14. The molecule has 0 amide bonds. The van der Waals surface area contributed by atoms with Crippen LogP contribution in [0.1, 0.15) is 32.1 Å².